The van der Waals surface area contributed by atoms with E-state index in [4.69, 9.17) is 5.11 Å². The SMILES string of the molecule is O=C(O)[C@@H](Cc1ccccn1)NC(=O)C(F)(F)F. The zero-order valence-electron chi connectivity index (χ0n) is 8.94. The van der Waals surface area contributed by atoms with Gasteiger partial charge in [0.2, 0.25) is 0 Å². The molecular formula is C10H9F3N2O3. The molecule has 2 N–H and O–H groups in total. The lowest BCUT2D eigenvalue weighted by Gasteiger charge is -2.15. The number of amides is 1. The van der Waals surface area contributed by atoms with Crippen molar-refractivity contribution in [3.8, 4) is 0 Å². The minimum atomic E-state index is -5.11. The zero-order valence-corrected chi connectivity index (χ0v) is 8.94. The van der Waals surface area contributed by atoms with Crippen LogP contribution in [0, 0.1) is 0 Å². The zero-order chi connectivity index (χ0) is 13.8. The fourth-order valence-electron chi connectivity index (χ4n) is 1.17. The van der Waals surface area contributed by atoms with Crippen LogP contribution < -0.4 is 5.32 Å². The number of carboxylic acids is 1. The Bertz CT molecular complexity index is 434. The summed E-state index contributed by atoms with van der Waals surface area (Å²) in [4.78, 5) is 25.2. The summed E-state index contributed by atoms with van der Waals surface area (Å²) < 4.78 is 36.0. The Morgan fingerprint density at radius 1 is 1.39 bits per heavy atom. The lowest BCUT2D eigenvalue weighted by molar-refractivity contribution is -0.175. The van der Waals surface area contributed by atoms with Crippen LogP contribution in [-0.2, 0) is 16.0 Å². The highest BCUT2D eigenvalue weighted by atomic mass is 19.4. The number of aliphatic carboxylic acids is 1. The maximum atomic E-state index is 12.0. The van der Waals surface area contributed by atoms with E-state index in [1.807, 2.05) is 0 Å². The molecule has 1 atom stereocenters. The molecule has 18 heavy (non-hydrogen) atoms. The molecule has 1 heterocycles. The molecule has 5 nitrogen and oxygen atoms in total. The van der Waals surface area contributed by atoms with E-state index in [0.29, 0.717) is 0 Å². The Labute approximate surface area is 99.6 Å². The van der Waals surface area contributed by atoms with Crippen molar-refractivity contribution in [1.82, 2.24) is 10.3 Å². The molecule has 0 aliphatic carbocycles. The van der Waals surface area contributed by atoms with E-state index in [9.17, 15) is 22.8 Å². The van der Waals surface area contributed by atoms with Gasteiger partial charge in [-0.25, -0.2) is 4.79 Å². The largest absolute Gasteiger partial charge is 0.480 e. The minimum absolute atomic E-state index is 0.271. The minimum Gasteiger partial charge on any atom is -0.480 e. The molecule has 0 aliphatic heterocycles. The molecule has 1 amide bonds. The predicted octanol–water partition coefficient (Wildman–Crippen LogP) is 0.756. The van der Waals surface area contributed by atoms with Crippen molar-refractivity contribution in [2.45, 2.75) is 18.6 Å². The third-order valence-electron chi connectivity index (χ3n) is 2.00. The Balaban J connectivity index is 2.73. The summed E-state index contributed by atoms with van der Waals surface area (Å²) in [6.45, 7) is 0. The fraction of sp³-hybridized carbons (Fsp3) is 0.300. The van der Waals surface area contributed by atoms with Crippen LogP contribution in [0.3, 0.4) is 0 Å². The van der Waals surface area contributed by atoms with Gasteiger partial charge in [-0.05, 0) is 12.1 Å². The topological polar surface area (TPSA) is 79.3 Å². The second kappa shape index (κ2) is 5.48. The predicted molar refractivity (Wildman–Crippen MR) is 53.6 cm³/mol. The number of nitrogens with one attached hydrogen (secondary N) is 1. The van der Waals surface area contributed by atoms with E-state index in [-0.39, 0.29) is 12.1 Å². The third-order valence-corrected chi connectivity index (χ3v) is 2.00. The van der Waals surface area contributed by atoms with Crippen LogP contribution in [0.2, 0.25) is 0 Å². The van der Waals surface area contributed by atoms with Crippen LogP contribution in [0.5, 0.6) is 0 Å². The van der Waals surface area contributed by atoms with Crippen LogP contribution in [0.4, 0.5) is 13.2 Å². The van der Waals surface area contributed by atoms with Crippen molar-refractivity contribution in [2.75, 3.05) is 0 Å². The van der Waals surface area contributed by atoms with E-state index in [1.165, 1.54) is 17.6 Å². The highest BCUT2D eigenvalue weighted by Crippen LogP contribution is 2.15. The average Bonchev–Trinajstić information content (AvgIpc) is 2.28. The number of hydrogen-bond acceptors (Lipinski definition) is 3. The van der Waals surface area contributed by atoms with Crippen LogP contribution in [0.25, 0.3) is 0 Å². The van der Waals surface area contributed by atoms with Crippen molar-refractivity contribution in [3.63, 3.8) is 0 Å². The summed E-state index contributed by atoms with van der Waals surface area (Å²) >= 11 is 0. The van der Waals surface area contributed by atoms with Crippen LogP contribution >= 0.6 is 0 Å². The summed E-state index contributed by atoms with van der Waals surface area (Å²) in [6, 6.07) is 2.92. The second-order valence-corrected chi connectivity index (χ2v) is 3.39. The monoisotopic (exact) mass is 262 g/mol. The highest BCUT2D eigenvalue weighted by Gasteiger charge is 2.40. The number of nitrogens with zero attached hydrogens (tertiary/aromatic N) is 1. The lowest BCUT2D eigenvalue weighted by Crippen LogP contribution is -2.48. The molecule has 8 heteroatoms. The molecule has 0 fully saturated rings. The molecule has 0 aliphatic rings. The van der Waals surface area contributed by atoms with E-state index in [2.05, 4.69) is 4.98 Å². The van der Waals surface area contributed by atoms with Gasteiger partial charge in [0, 0.05) is 18.3 Å². The van der Waals surface area contributed by atoms with Crippen molar-refractivity contribution in [3.05, 3.63) is 30.1 Å². The van der Waals surface area contributed by atoms with E-state index >= 15 is 0 Å². The standard InChI is InChI=1S/C10H9F3N2O3/c11-10(12,13)9(18)15-7(8(16)17)5-6-3-1-2-4-14-6/h1-4,7H,5H2,(H,15,18)(H,16,17)/t7-/m1/s1. The smallest absolute Gasteiger partial charge is 0.471 e. The van der Waals surface area contributed by atoms with Crippen LogP contribution in [0.1, 0.15) is 5.69 Å². The number of aromatic nitrogens is 1. The van der Waals surface area contributed by atoms with Gasteiger partial charge in [-0.15, -0.1) is 0 Å². The Morgan fingerprint density at radius 2 is 2.06 bits per heavy atom. The number of alkyl halides is 3. The quantitative estimate of drug-likeness (QED) is 0.839. The molecule has 1 aromatic rings. The number of carboxylic acid groups (broad SMARTS) is 1. The average molecular weight is 262 g/mol. The van der Waals surface area contributed by atoms with Gasteiger partial charge in [0.15, 0.2) is 0 Å². The van der Waals surface area contributed by atoms with Gasteiger partial charge in [0.05, 0.1) is 0 Å². The molecule has 0 spiro atoms. The number of pyridine rings is 1. The van der Waals surface area contributed by atoms with E-state index < -0.39 is 24.1 Å². The Morgan fingerprint density at radius 3 is 2.50 bits per heavy atom. The first kappa shape index (κ1) is 13.9. The molecule has 0 saturated heterocycles. The maximum absolute atomic E-state index is 12.0. The van der Waals surface area contributed by atoms with E-state index in [0.717, 1.165) is 0 Å². The van der Waals surface area contributed by atoms with Gasteiger partial charge in [-0.2, -0.15) is 13.2 Å². The molecule has 1 rings (SSSR count). The van der Waals surface area contributed by atoms with Crippen LogP contribution in [0.15, 0.2) is 24.4 Å². The molecular weight excluding hydrogens is 253 g/mol. The molecule has 1 aromatic heterocycles. The van der Waals surface area contributed by atoms with Gasteiger partial charge in [-0.3, -0.25) is 9.78 Å². The number of rotatable bonds is 4. The number of carbonyl (C=O) groups excluding carboxylic acids is 1. The molecule has 0 saturated carbocycles. The second-order valence-electron chi connectivity index (χ2n) is 3.39. The van der Waals surface area contributed by atoms with Gasteiger partial charge in [-0.1, -0.05) is 6.07 Å². The lowest BCUT2D eigenvalue weighted by atomic mass is 10.1. The number of halogens is 3. The Hall–Kier alpha value is -2.12. The van der Waals surface area contributed by atoms with Gasteiger partial charge >= 0.3 is 18.1 Å². The normalized spacial score (nSPS) is 12.8. The summed E-state index contributed by atoms with van der Waals surface area (Å²) in [5.74, 6) is -3.84. The van der Waals surface area contributed by atoms with Crippen molar-refractivity contribution in [1.29, 1.82) is 0 Å². The molecule has 0 unspecified atom stereocenters. The van der Waals surface area contributed by atoms with E-state index in [1.54, 1.807) is 12.1 Å². The van der Waals surface area contributed by atoms with Crippen molar-refractivity contribution in [2.24, 2.45) is 0 Å². The molecule has 0 radical (unpaired) electrons. The van der Waals surface area contributed by atoms with Gasteiger partial charge < -0.3 is 10.4 Å². The first-order valence-corrected chi connectivity index (χ1v) is 4.81. The molecule has 0 aromatic carbocycles. The third kappa shape index (κ3) is 4.04. The fourth-order valence-corrected chi connectivity index (χ4v) is 1.17. The van der Waals surface area contributed by atoms with Gasteiger partial charge in [0.1, 0.15) is 6.04 Å². The first-order valence-electron chi connectivity index (χ1n) is 4.81. The maximum Gasteiger partial charge on any atom is 0.471 e. The van der Waals surface area contributed by atoms with Crippen LogP contribution in [-0.4, -0.2) is 34.2 Å². The number of carbonyl (C=O) groups is 2. The first-order chi connectivity index (χ1) is 8.30. The van der Waals surface area contributed by atoms with Crippen molar-refractivity contribution < 1.29 is 27.9 Å². The number of hydrogen-bond donors (Lipinski definition) is 2. The summed E-state index contributed by atoms with van der Waals surface area (Å²) in [5, 5.41) is 10.1. The summed E-state index contributed by atoms with van der Waals surface area (Å²) in [6.07, 6.45) is -4.06. The molecule has 98 valence electrons. The summed E-state index contributed by atoms with van der Waals surface area (Å²) in [7, 11) is 0. The Kier molecular flexibility index (Phi) is 4.24. The molecule has 0 bridgehead atoms. The van der Waals surface area contributed by atoms with Crippen molar-refractivity contribution >= 4 is 11.9 Å². The van der Waals surface area contributed by atoms with Gasteiger partial charge in [0.25, 0.3) is 0 Å². The summed E-state index contributed by atoms with van der Waals surface area (Å²) in [5.41, 5.74) is 0.271. The highest BCUT2D eigenvalue weighted by molar-refractivity contribution is 5.87.